The van der Waals surface area contributed by atoms with E-state index < -0.39 is 11.6 Å². The van der Waals surface area contributed by atoms with Crippen LogP contribution in [0.1, 0.15) is 6.92 Å². The van der Waals surface area contributed by atoms with E-state index in [2.05, 4.69) is 23.3 Å². The van der Waals surface area contributed by atoms with E-state index in [1.807, 2.05) is 6.92 Å². The average Bonchev–Trinajstić information content (AvgIpc) is 2.43. The number of likely N-dealkylation sites (N-methyl/N-ethyl adjacent to an activating group) is 1. The number of nitrogens with zero attached hydrogens (tertiary/aromatic N) is 1. The minimum Gasteiger partial charge on any atom is -0.400 e. The molecule has 7 heteroatoms. The van der Waals surface area contributed by atoms with E-state index >= 15 is 0 Å². The van der Waals surface area contributed by atoms with Gasteiger partial charge in [-0.05, 0) is 26.1 Å². The van der Waals surface area contributed by atoms with Crippen LogP contribution in [-0.4, -0.2) is 32.4 Å². The van der Waals surface area contributed by atoms with Crippen molar-refractivity contribution in [2.45, 2.75) is 6.92 Å². The highest BCUT2D eigenvalue weighted by Crippen LogP contribution is 2.27. The molecule has 4 nitrogen and oxygen atoms in total. The van der Waals surface area contributed by atoms with E-state index in [0.717, 1.165) is 0 Å². The molecular formula is C14H22F2N4S. The van der Waals surface area contributed by atoms with Crippen LogP contribution in [0.2, 0.25) is 0 Å². The van der Waals surface area contributed by atoms with Crippen molar-refractivity contribution < 1.29 is 8.78 Å². The largest absolute Gasteiger partial charge is 0.400 e. The number of hydrogen-bond donors (Lipinski definition) is 4. The molecule has 0 spiro atoms. The highest BCUT2D eigenvalue weighted by atomic mass is 32.1. The van der Waals surface area contributed by atoms with E-state index in [9.17, 15) is 8.78 Å². The lowest BCUT2D eigenvalue weighted by Crippen LogP contribution is -2.27. The summed E-state index contributed by atoms with van der Waals surface area (Å²) in [7, 11) is 1.76. The fourth-order valence-electron chi connectivity index (χ4n) is 1.93. The molecular weight excluding hydrogens is 294 g/mol. The van der Waals surface area contributed by atoms with Crippen LogP contribution in [0.15, 0.2) is 24.0 Å². The van der Waals surface area contributed by atoms with Crippen LogP contribution in [0.25, 0.3) is 0 Å². The van der Waals surface area contributed by atoms with Crippen molar-refractivity contribution in [3.8, 4) is 0 Å². The van der Waals surface area contributed by atoms with Gasteiger partial charge in [-0.25, -0.2) is 8.78 Å². The minimum atomic E-state index is -0.610. The summed E-state index contributed by atoms with van der Waals surface area (Å²) in [5.74, 6) is -0.695. The van der Waals surface area contributed by atoms with Gasteiger partial charge in [0.15, 0.2) is 11.6 Å². The van der Waals surface area contributed by atoms with Crippen LogP contribution in [0, 0.1) is 11.6 Å². The van der Waals surface area contributed by atoms with Crippen LogP contribution in [0.5, 0.6) is 0 Å². The quantitative estimate of drug-likeness (QED) is 0.555. The maximum absolute atomic E-state index is 14.1. The zero-order valence-corrected chi connectivity index (χ0v) is 13.2. The normalized spacial score (nSPS) is 11.6. The molecule has 118 valence electrons. The van der Waals surface area contributed by atoms with Crippen molar-refractivity contribution >= 4 is 24.0 Å². The lowest BCUT2D eigenvalue weighted by molar-refractivity contribution is 0.575. The number of nitrogens with one attached hydrogen (secondary N) is 2. The molecule has 0 saturated heterocycles. The van der Waals surface area contributed by atoms with Crippen LogP contribution >= 0.6 is 12.6 Å². The summed E-state index contributed by atoms with van der Waals surface area (Å²) in [6.07, 6.45) is 1.51. The first kappa shape index (κ1) is 17.6. The first-order valence-electron chi connectivity index (χ1n) is 6.74. The first-order chi connectivity index (χ1) is 10.0. The highest BCUT2D eigenvalue weighted by Gasteiger charge is 2.16. The standard InChI is InChI=1S/C14H22F2N4S/c1-3-20(4-5-21)14-12(15)6-11(7-13(14)16)19-9-10(17)8-18-2/h6-7,9,18-19,21H,3-5,8,17H2,1-2H3/b10-9-. The van der Waals surface area contributed by atoms with Crippen molar-refractivity contribution in [3.05, 3.63) is 35.7 Å². The molecule has 21 heavy (non-hydrogen) atoms. The van der Waals surface area contributed by atoms with Crippen LogP contribution < -0.4 is 21.3 Å². The second-order valence-corrected chi connectivity index (χ2v) is 4.93. The van der Waals surface area contributed by atoms with Gasteiger partial charge in [0.25, 0.3) is 0 Å². The molecule has 4 N–H and O–H groups in total. The number of nitrogens with two attached hydrogens (primary N) is 1. The van der Waals surface area contributed by atoms with Gasteiger partial charge in [-0.1, -0.05) is 0 Å². The van der Waals surface area contributed by atoms with Crippen molar-refractivity contribution in [3.63, 3.8) is 0 Å². The van der Waals surface area contributed by atoms with Gasteiger partial charge in [-0.15, -0.1) is 0 Å². The van der Waals surface area contributed by atoms with Crippen LogP contribution in [0.4, 0.5) is 20.2 Å². The smallest absolute Gasteiger partial charge is 0.151 e. The van der Waals surface area contributed by atoms with Crippen molar-refractivity contribution in [2.24, 2.45) is 5.73 Å². The first-order valence-corrected chi connectivity index (χ1v) is 7.37. The molecule has 0 saturated carbocycles. The summed E-state index contributed by atoms with van der Waals surface area (Å²) < 4.78 is 28.3. The van der Waals surface area contributed by atoms with E-state index in [-0.39, 0.29) is 5.69 Å². The Morgan fingerprint density at radius 2 is 2.00 bits per heavy atom. The predicted octanol–water partition coefficient (Wildman–Crippen LogP) is 2.15. The van der Waals surface area contributed by atoms with Crippen molar-refractivity contribution in [2.75, 3.05) is 42.7 Å². The summed E-state index contributed by atoms with van der Waals surface area (Å²) in [5.41, 5.74) is 6.50. The summed E-state index contributed by atoms with van der Waals surface area (Å²) in [5, 5.41) is 5.66. The lowest BCUT2D eigenvalue weighted by atomic mass is 10.2. The average molecular weight is 316 g/mol. The number of benzene rings is 1. The van der Waals surface area contributed by atoms with E-state index in [4.69, 9.17) is 5.73 Å². The van der Waals surface area contributed by atoms with Crippen LogP contribution in [-0.2, 0) is 0 Å². The Morgan fingerprint density at radius 1 is 1.38 bits per heavy atom. The van der Waals surface area contributed by atoms with Gasteiger partial charge in [0, 0.05) is 43.0 Å². The van der Waals surface area contributed by atoms with Crippen molar-refractivity contribution in [1.82, 2.24) is 5.32 Å². The maximum Gasteiger partial charge on any atom is 0.151 e. The molecule has 1 rings (SSSR count). The summed E-state index contributed by atoms with van der Waals surface area (Å²) in [4.78, 5) is 1.62. The van der Waals surface area contributed by atoms with E-state index in [0.29, 0.717) is 36.8 Å². The van der Waals surface area contributed by atoms with Crippen LogP contribution in [0.3, 0.4) is 0 Å². The molecule has 0 aliphatic rings. The van der Waals surface area contributed by atoms with Crippen molar-refractivity contribution in [1.29, 1.82) is 0 Å². The summed E-state index contributed by atoms with van der Waals surface area (Å²) >= 11 is 4.10. The third-order valence-corrected chi connectivity index (χ3v) is 3.09. The number of anilines is 2. The van der Waals surface area contributed by atoms with Gasteiger partial charge in [-0.3, -0.25) is 0 Å². The molecule has 0 atom stereocenters. The number of hydrogen-bond acceptors (Lipinski definition) is 5. The Morgan fingerprint density at radius 3 is 2.48 bits per heavy atom. The Bertz CT molecular complexity index is 471. The number of halogens is 2. The van der Waals surface area contributed by atoms with Gasteiger partial charge in [0.05, 0.1) is 0 Å². The summed E-state index contributed by atoms with van der Waals surface area (Å²) in [6.45, 7) is 3.32. The SMILES string of the molecule is CCN(CCS)c1c(F)cc(N/C=C(\N)CNC)cc1F. The molecule has 0 fully saturated rings. The Hall–Kier alpha value is -1.47. The monoisotopic (exact) mass is 316 g/mol. The maximum atomic E-state index is 14.1. The molecule has 0 bridgehead atoms. The molecule has 0 amide bonds. The molecule has 0 aliphatic heterocycles. The van der Waals surface area contributed by atoms with Gasteiger partial charge >= 0.3 is 0 Å². The second kappa shape index (κ2) is 8.74. The Labute approximate surface area is 129 Å². The molecule has 0 unspecified atom stereocenters. The zero-order valence-electron chi connectivity index (χ0n) is 12.3. The second-order valence-electron chi connectivity index (χ2n) is 4.49. The molecule has 0 heterocycles. The Balaban J connectivity index is 2.96. The topological polar surface area (TPSA) is 53.3 Å². The fourth-order valence-corrected chi connectivity index (χ4v) is 2.17. The van der Waals surface area contributed by atoms with Gasteiger partial charge < -0.3 is 21.3 Å². The lowest BCUT2D eigenvalue weighted by Gasteiger charge is -2.23. The van der Waals surface area contributed by atoms with Gasteiger partial charge in [0.2, 0.25) is 0 Å². The highest BCUT2D eigenvalue weighted by molar-refractivity contribution is 7.80. The fraction of sp³-hybridized carbons (Fsp3) is 0.429. The molecule has 0 radical (unpaired) electrons. The van der Waals surface area contributed by atoms with Gasteiger partial charge in [0.1, 0.15) is 5.69 Å². The molecule has 0 aromatic heterocycles. The third kappa shape index (κ3) is 5.09. The zero-order chi connectivity index (χ0) is 15.8. The Kier molecular flexibility index (Phi) is 7.31. The number of thiol groups is 1. The summed E-state index contributed by atoms with van der Waals surface area (Å²) in [6, 6.07) is 2.51. The molecule has 1 aromatic carbocycles. The molecule has 1 aromatic rings. The minimum absolute atomic E-state index is 0.0238. The molecule has 0 aliphatic carbocycles. The predicted molar refractivity (Wildman–Crippen MR) is 87.9 cm³/mol. The van der Waals surface area contributed by atoms with E-state index in [1.165, 1.54) is 18.3 Å². The number of rotatable bonds is 8. The third-order valence-electron chi connectivity index (χ3n) is 2.89. The van der Waals surface area contributed by atoms with Gasteiger partial charge in [-0.2, -0.15) is 12.6 Å². The van der Waals surface area contributed by atoms with E-state index in [1.54, 1.807) is 11.9 Å².